The fourth-order valence-corrected chi connectivity index (χ4v) is 4.20. The van der Waals surface area contributed by atoms with Crippen molar-refractivity contribution in [2.45, 2.75) is 64.1 Å². The number of fused-ring (bicyclic) bond motifs is 2. The molecule has 2 N–H and O–H groups in total. The van der Waals surface area contributed by atoms with E-state index in [1.807, 2.05) is 5.38 Å². The normalized spacial score (nSPS) is 28.6. The van der Waals surface area contributed by atoms with Gasteiger partial charge in [0.1, 0.15) is 0 Å². The van der Waals surface area contributed by atoms with Crippen LogP contribution in [0.4, 0.5) is 0 Å². The van der Waals surface area contributed by atoms with Crippen LogP contribution in [0.5, 0.6) is 0 Å². The molecule has 2 aliphatic rings. The van der Waals surface area contributed by atoms with Gasteiger partial charge in [0.25, 0.3) is 0 Å². The lowest BCUT2D eigenvalue weighted by Gasteiger charge is -2.28. The van der Waals surface area contributed by atoms with Crippen LogP contribution in [0.25, 0.3) is 0 Å². The van der Waals surface area contributed by atoms with Crippen molar-refractivity contribution in [3.05, 3.63) is 16.1 Å². The maximum atomic E-state index is 12.0. The van der Waals surface area contributed by atoms with Crippen LogP contribution in [-0.4, -0.2) is 23.0 Å². The molecule has 2 aliphatic heterocycles. The molecule has 2 atom stereocenters. The zero-order valence-electron chi connectivity index (χ0n) is 12.0. The number of nitrogens with zero attached hydrogens (tertiary/aromatic N) is 1. The Morgan fingerprint density at radius 2 is 2.20 bits per heavy atom. The van der Waals surface area contributed by atoms with Crippen molar-refractivity contribution < 1.29 is 4.79 Å². The van der Waals surface area contributed by atoms with E-state index in [0.29, 0.717) is 31.0 Å². The van der Waals surface area contributed by atoms with Crippen LogP contribution < -0.4 is 10.6 Å². The van der Waals surface area contributed by atoms with E-state index in [1.54, 1.807) is 11.3 Å². The highest BCUT2D eigenvalue weighted by Gasteiger charge is 2.34. The van der Waals surface area contributed by atoms with Gasteiger partial charge >= 0.3 is 0 Å². The molecule has 2 unspecified atom stereocenters. The molecule has 110 valence electrons. The maximum absolute atomic E-state index is 12.0. The molecule has 0 radical (unpaired) electrons. The summed E-state index contributed by atoms with van der Waals surface area (Å²) in [5.41, 5.74) is 0.991. The average molecular weight is 293 g/mol. The zero-order chi connectivity index (χ0) is 13.9. The van der Waals surface area contributed by atoms with E-state index in [1.165, 1.54) is 25.7 Å². The first kappa shape index (κ1) is 14.0. The molecule has 1 aromatic heterocycles. The molecule has 0 spiro atoms. The van der Waals surface area contributed by atoms with Gasteiger partial charge in [-0.3, -0.25) is 4.79 Å². The molecule has 2 bridgehead atoms. The topological polar surface area (TPSA) is 54.0 Å². The SMILES string of the molecule is CCc1nc(CNC(=O)CC2CC3CCC(C2)N3)cs1. The van der Waals surface area contributed by atoms with Crippen LogP contribution in [0.3, 0.4) is 0 Å². The fourth-order valence-electron chi connectivity index (χ4n) is 3.46. The van der Waals surface area contributed by atoms with Crippen LogP contribution in [0.2, 0.25) is 0 Å². The van der Waals surface area contributed by atoms with Gasteiger partial charge in [-0.15, -0.1) is 11.3 Å². The summed E-state index contributed by atoms with van der Waals surface area (Å²) in [5, 5.41) is 9.83. The molecule has 4 nitrogen and oxygen atoms in total. The lowest BCUT2D eigenvalue weighted by atomic mass is 9.89. The number of hydrogen-bond acceptors (Lipinski definition) is 4. The molecule has 3 rings (SSSR count). The van der Waals surface area contributed by atoms with Gasteiger partial charge in [0.2, 0.25) is 5.91 Å². The minimum absolute atomic E-state index is 0.183. The van der Waals surface area contributed by atoms with Crippen molar-refractivity contribution in [3.63, 3.8) is 0 Å². The van der Waals surface area contributed by atoms with Gasteiger partial charge in [-0.2, -0.15) is 0 Å². The molecule has 1 amide bonds. The molecule has 2 fully saturated rings. The Balaban J connectivity index is 1.43. The summed E-state index contributed by atoms with van der Waals surface area (Å²) in [5.74, 6) is 0.748. The number of amides is 1. The van der Waals surface area contributed by atoms with Gasteiger partial charge in [0, 0.05) is 23.9 Å². The van der Waals surface area contributed by atoms with E-state index in [9.17, 15) is 4.79 Å². The molecule has 2 saturated heterocycles. The molecule has 0 aliphatic carbocycles. The van der Waals surface area contributed by atoms with Crippen molar-refractivity contribution in [2.24, 2.45) is 5.92 Å². The summed E-state index contributed by atoms with van der Waals surface area (Å²) in [6.45, 7) is 2.68. The third kappa shape index (κ3) is 3.38. The first-order valence-corrected chi connectivity index (χ1v) is 8.57. The van der Waals surface area contributed by atoms with Crippen molar-refractivity contribution in [2.75, 3.05) is 0 Å². The van der Waals surface area contributed by atoms with Crippen molar-refractivity contribution in [1.82, 2.24) is 15.6 Å². The second kappa shape index (κ2) is 6.22. The van der Waals surface area contributed by atoms with E-state index >= 15 is 0 Å². The number of rotatable bonds is 5. The predicted molar refractivity (Wildman–Crippen MR) is 80.6 cm³/mol. The van der Waals surface area contributed by atoms with E-state index in [-0.39, 0.29) is 5.91 Å². The predicted octanol–water partition coefficient (Wildman–Crippen LogP) is 2.24. The Labute approximate surface area is 124 Å². The van der Waals surface area contributed by atoms with Crippen LogP contribution >= 0.6 is 11.3 Å². The largest absolute Gasteiger partial charge is 0.350 e. The Morgan fingerprint density at radius 1 is 1.45 bits per heavy atom. The molecular formula is C15H23N3OS. The number of carbonyl (C=O) groups excluding carboxylic acids is 1. The van der Waals surface area contributed by atoms with E-state index in [4.69, 9.17) is 0 Å². The van der Waals surface area contributed by atoms with Crippen molar-refractivity contribution in [1.29, 1.82) is 0 Å². The highest BCUT2D eigenvalue weighted by Crippen LogP contribution is 2.32. The number of thiazole rings is 1. The fraction of sp³-hybridized carbons (Fsp3) is 0.733. The summed E-state index contributed by atoms with van der Waals surface area (Å²) < 4.78 is 0. The number of carbonyl (C=O) groups is 1. The van der Waals surface area contributed by atoms with Gasteiger partial charge in [-0.05, 0) is 38.0 Å². The molecular weight excluding hydrogens is 270 g/mol. The standard InChI is InChI=1S/C15H23N3OS/c1-2-15-18-13(9-20-15)8-16-14(19)7-10-5-11-3-4-12(6-10)17-11/h9-12,17H,2-8H2,1H3,(H,16,19). The van der Waals surface area contributed by atoms with Crippen LogP contribution in [0.1, 0.15) is 49.7 Å². The first-order chi connectivity index (χ1) is 9.72. The van der Waals surface area contributed by atoms with Gasteiger partial charge in [0.15, 0.2) is 0 Å². The maximum Gasteiger partial charge on any atom is 0.220 e. The number of aryl methyl sites for hydroxylation is 1. The monoisotopic (exact) mass is 293 g/mol. The lowest BCUT2D eigenvalue weighted by molar-refractivity contribution is -0.122. The third-order valence-electron chi connectivity index (χ3n) is 4.41. The van der Waals surface area contributed by atoms with Crippen molar-refractivity contribution in [3.8, 4) is 0 Å². The number of piperidine rings is 1. The van der Waals surface area contributed by atoms with E-state index < -0.39 is 0 Å². The van der Waals surface area contributed by atoms with Crippen molar-refractivity contribution >= 4 is 17.2 Å². The van der Waals surface area contributed by atoms with Gasteiger partial charge < -0.3 is 10.6 Å². The Morgan fingerprint density at radius 3 is 2.85 bits per heavy atom. The van der Waals surface area contributed by atoms with Gasteiger partial charge in [0.05, 0.1) is 17.2 Å². The minimum atomic E-state index is 0.183. The smallest absolute Gasteiger partial charge is 0.220 e. The van der Waals surface area contributed by atoms with Gasteiger partial charge in [-0.1, -0.05) is 6.92 Å². The highest BCUT2D eigenvalue weighted by molar-refractivity contribution is 7.09. The minimum Gasteiger partial charge on any atom is -0.350 e. The second-order valence-corrected chi connectivity index (χ2v) is 6.98. The number of hydrogen-bond donors (Lipinski definition) is 2. The summed E-state index contributed by atoms with van der Waals surface area (Å²) in [6, 6.07) is 1.33. The third-order valence-corrected chi connectivity index (χ3v) is 5.46. The highest BCUT2D eigenvalue weighted by atomic mass is 32.1. The number of aromatic nitrogens is 1. The zero-order valence-corrected chi connectivity index (χ0v) is 12.8. The molecule has 20 heavy (non-hydrogen) atoms. The molecule has 0 saturated carbocycles. The van der Waals surface area contributed by atoms with E-state index in [0.717, 1.165) is 17.1 Å². The Kier molecular flexibility index (Phi) is 4.36. The van der Waals surface area contributed by atoms with Crippen LogP contribution in [0, 0.1) is 5.92 Å². The summed E-state index contributed by atoms with van der Waals surface area (Å²) in [4.78, 5) is 16.5. The van der Waals surface area contributed by atoms with E-state index in [2.05, 4.69) is 22.5 Å². The Hall–Kier alpha value is -0.940. The second-order valence-electron chi connectivity index (χ2n) is 6.04. The molecule has 5 heteroatoms. The lowest BCUT2D eigenvalue weighted by Crippen LogP contribution is -2.39. The average Bonchev–Trinajstić information content (AvgIpc) is 3.03. The number of nitrogens with one attached hydrogen (secondary N) is 2. The quantitative estimate of drug-likeness (QED) is 0.875. The molecule has 1 aromatic rings. The summed E-state index contributed by atoms with van der Waals surface area (Å²) in [7, 11) is 0. The summed E-state index contributed by atoms with van der Waals surface area (Å²) >= 11 is 1.68. The molecule has 3 heterocycles. The first-order valence-electron chi connectivity index (χ1n) is 7.69. The van der Waals surface area contributed by atoms with Gasteiger partial charge in [-0.25, -0.2) is 4.98 Å². The summed E-state index contributed by atoms with van der Waals surface area (Å²) in [6.07, 6.45) is 6.57. The van der Waals surface area contributed by atoms with Crippen LogP contribution in [0.15, 0.2) is 5.38 Å². The molecule has 0 aromatic carbocycles. The Bertz CT molecular complexity index is 461. The van der Waals surface area contributed by atoms with Crippen LogP contribution in [-0.2, 0) is 17.8 Å².